The Morgan fingerprint density at radius 3 is 2.21 bits per heavy atom. The Hall–Kier alpha value is -1.50. The maximum atomic E-state index is 10.4. The molecule has 82 valence electrons. The zero-order valence-corrected chi connectivity index (χ0v) is 8.23. The van der Waals surface area contributed by atoms with E-state index in [4.69, 9.17) is 11.5 Å². The molecule has 0 rings (SSSR count). The van der Waals surface area contributed by atoms with Gasteiger partial charge in [-0.1, -0.05) is 0 Å². The van der Waals surface area contributed by atoms with E-state index in [9.17, 15) is 9.59 Å². The van der Waals surface area contributed by atoms with Crippen molar-refractivity contribution < 1.29 is 19.1 Å². The van der Waals surface area contributed by atoms with Crippen molar-refractivity contribution >= 4 is 12.2 Å². The van der Waals surface area contributed by atoms with Gasteiger partial charge in [-0.15, -0.1) is 0 Å². The number of hydrogen-bond acceptors (Lipinski definition) is 5. The average molecular weight is 205 g/mol. The minimum absolute atomic E-state index is 0.101. The first-order valence-corrected chi connectivity index (χ1v) is 3.95. The second-order valence-electron chi connectivity index (χ2n) is 2.95. The van der Waals surface area contributed by atoms with Crippen molar-refractivity contribution in [2.24, 2.45) is 11.5 Å². The highest BCUT2D eigenvalue weighted by Crippen LogP contribution is 1.95. The number of rotatable bonds is 5. The number of carbonyl (C=O) groups is 2. The van der Waals surface area contributed by atoms with Crippen molar-refractivity contribution in [3.05, 3.63) is 0 Å². The number of hydrogen-bond donors (Lipinski definition) is 2. The third kappa shape index (κ3) is 7.17. The molecule has 0 spiro atoms. The number of nitrogens with zero attached hydrogens (tertiary/aromatic N) is 1. The molecule has 0 aliphatic heterocycles. The van der Waals surface area contributed by atoms with Gasteiger partial charge in [-0.05, 0) is 14.1 Å². The van der Waals surface area contributed by atoms with Crippen LogP contribution >= 0.6 is 0 Å². The molecule has 7 nitrogen and oxygen atoms in total. The van der Waals surface area contributed by atoms with Gasteiger partial charge in [0.1, 0.15) is 6.61 Å². The Morgan fingerprint density at radius 1 is 1.29 bits per heavy atom. The summed E-state index contributed by atoms with van der Waals surface area (Å²) in [5, 5.41) is 0. The van der Waals surface area contributed by atoms with Crippen LogP contribution < -0.4 is 11.5 Å². The highest BCUT2D eigenvalue weighted by atomic mass is 16.6. The van der Waals surface area contributed by atoms with Crippen LogP contribution in [0.2, 0.25) is 0 Å². The number of likely N-dealkylation sites (N-methyl/N-ethyl adjacent to an activating group) is 1. The molecule has 1 atom stereocenters. The Kier molecular flexibility index (Phi) is 5.38. The van der Waals surface area contributed by atoms with E-state index in [-0.39, 0.29) is 6.61 Å². The van der Waals surface area contributed by atoms with Crippen molar-refractivity contribution in [3.63, 3.8) is 0 Å². The van der Waals surface area contributed by atoms with Crippen molar-refractivity contribution in [3.8, 4) is 0 Å². The third-order valence-electron chi connectivity index (χ3n) is 1.26. The third-order valence-corrected chi connectivity index (χ3v) is 1.26. The van der Waals surface area contributed by atoms with Gasteiger partial charge < -0.3 is 25.8 Å². The molecule has 14 heavy (non-hydrogen) atoms. The fraction of sp³-hybridized carbons (Fsp3) is 0.714. The Morgan fingerprint density at radius 2 is 1.86 bits per heavy atom. The molecule has 0 aromatic carbocycles. The summed E-state index contributed by atoms with van der Waals surface area (Å²) in [4.78, 5) is 22.5. The highest BCUT2D eigenvalue weighted by Gasteiger charge is 2.15. The largest absolute Gasteiger partial charge is 0.446 e. The van der Waals surface area contributed by atoms with Gasteiger partial charge in [0, 0.05) is 6.54 Å². The number of ether oxygens (including phenoxy) is 2. The summed E-state index contributed by atoms with van der Waals surface area (Å²) in [6, 6.07) is 0. The van der Waals surface area contributed by atoms with Crippen LogP contribution in [-0.4, -0.2) is 50.4 Å². The van der Waals surface area contributed by atoms with Crippen LogP contribution in [-0.2, 0) is 9.47 Å². The van der Waals surface area contributed by atoms with Gasteiger partial charge in [0.25, 0.3) is 0 Å². The molecule has 0 aromatic rings. The van der Waals surface area contributed by atoms with Crippen LogP contribution in [0.15, 0.2) is 0 Å². The maximum Gasteiger partial charge on any atom is 0.404 e. The molecule has 0 saturated carbocycles. The average Bonchev–Trinajstić information content (AvgIpc) is 1.97. The van der Waals surface area contributed by atoms with Crippen LogP contribution in [0.5, 0.6) is 0 Å². The molecule has 0 bridgehead atoms. The number of carbonyl (C=O) groups excluding carboxylic acids is 2. The monoisotopic (exact) mass is 205 g/mol. The summed E-state index contributed by atoms with van der Waals surface area (Å²) in [6.07, 6.45) is -2.43. The Labute approximate surface area is 81.9 Å². The summed E-state index contributed by atoms with van der Waals surface area (Å²) >= 11 is 0. The van der Waals surface area contributed by atoms with Gasteiger partial charge in [0.15, 0.2) is 6.10 Å². The van der Waals surface area contributed by atoms with Gasteiger partial charge in [-0.3, -0.25) is 0 Å². The topological polar surface area (TPSA) is 108 Å². The quantitative estimate of drug-likeness (QED) is 0.605. The smallest absolute Gasteiger partial charge is 0.404 e. The molecule has 0 aliphatic rings. The summed E-state index contributed by atoms with van der Waals surface area (Å²) in [5.41, 5.74) is 9.58. The molecule has 1 unspecified atom stereocenters. The van der Waals surface area contributed by atoms with Crippen molar-refractivity contribution in [2.75, 3.05) is 27.2 Å². The lowest BCUT2D eigenvalue weighted by atomic mass is 10.3. The maximum absolute atomic E-state index is 10.4. The summed E-state index contributed by atoms with van der Waals surface area (Å²) < 4.78 is 9.16. The molecule has 4 N–H and O–H groups in total. The Bertz CT molecular complexity index is 207. The predicted molar refractivity (Wildman–Crippen MR) is 48.5 cm³/mol. The van der Waals surface area contributed by atoms with E-state index >= 15 is 0 Å². The molecule has 0 saturated heterocycles. The van der Waals surface area contributed by atoms with E-state index in [0.717, 1.165) is 0 Å². The lowest BCUT2D eigenvalue weighted by molar-refractivity contribution is 0.0385. The van der Waals surface area contributed by atoms with Gasteiger partial charge in [-0.25, -0.2) is 9.59 Å². The molecule has 0 radical (unpaired) electrons. The van der Waals surface area contributed by atoms with E-state index in [1.807, 2.05) is 0 Å². The van der Waals surface area contributed by atoms with Crippen LogP contribution in [0.1, 0.15) is 0 Å². The van der Waals surface area contributed by atoms with E-state index in [0.29, 0.717) is 6.54 Å². The van der Waals surface area contributed by atoms with E-state index in [2.05, 4.69) is 9.47 Å². The normalized spacial score (nSPS) is 12.2. The Balaban J connectivity index is 3.96. The van der Waals surface area contributed by atoms with Crippen LogP contribution in [0, 0.1) is 0 Å². The van der Waals surface area contributed by atoms with Gasteiger partial charge in [0.05, 0.1) is 0 Å². The number of amides is 2. The van der Waals surface area contributed by atoms with Crippen molar-refractivity contribution in [1.82, 2.24) is 4.90 Å². The molecule has 2 amide bonds. The van der Waals surface area contributed by atoms with Crippen molar-refractivity contribution in [2.45, 2.75) is 6.10 Å². The molecular weight excluding hydrogens is 190 g/mol. The predicted octanol–water partition coefficient (Wildman–Crippen LogP) is -0.893. The zero-order chi connectivity index (χ0) is 11.1. The van der Waals surface area contributed by atoms with E-state index in [1.54, 1.807) is 19.0 Å². The second-order valence-corrected chi connectivity index (χ2v) is 2.95. The summed E-state index contributed by atoms with van der Waals surface area (Å²) in [6.45, 7) is 0.298. The lowest BCUT2D eigenvalue weighted by Gasteiger charge is -2.19. The molecular formula is C7H15N3O4. The van der Waals surface area contributed by atoms with Crippen molar-refractivity contribution in [1.29, 1.82) is 0 Å². The van der Waals surface area contributed by atoms with E-state index < -0.39 is 18.3 Å². The first-order chi connectivity index (χ1) is 6.41. The zero-order valence-electron chi connectivity index (χ0n) is 8.23. The first-order valence-electron chi connectivity index (χ1n) is 3.95. The van der Waals surface area contributed by atoms with Crippen LogP contribution in [0.3, 0.4) is 0 Å². The van der Waals surface area contributed by atoms with Gasteiger partial charge in [0.2, 0.25) is 0 Å². The number of primary amides is 2. The first kappa shape index (κ1) is 12.5. The SMILES string of the molecule is CN(C)CC(COC(N)=O)OC(N)=O. The lowest BCUT2D eigenvalue weighted by Crippen LogP contribution is -2.36. The van der Waals surface area contributed by atoms with Crippen LogP contribution in [0.4, 0.5) is 9.59 Å². The number of nitrogens with two attached hydrogens (primary N) is 2. The minimum Gasteiger partial charge on any atom is -0.446 e. The molecule has 0 heterocycles. The fourth-order valence-corrected chi connectivity index (χ4v) is 0.871. The van der Waals surface area contributed by atoms with E-state index in [1.165, 1.54) is 0 Å². The van der Waals surface area contributed by atoms with Gasteiger partial charge >= 0.3 is 12.2 Å². The second kappa shape index (κ2) is 6.03. The molecule has 0 aromatic heterocycles. The fourth-order valence-electron chi connectivity index (χ4n) is 0.871. The van der Waals surface area contributed by atoms with Crippen LogP contribution in [0.25, 0.3) is 0 Å². The summed E-state index contributed by atoms with van der Waals surface area (Å²) in [5.74, 6) is 0. The molecule has 0 aliphatic carbocycles. The summed E-state index contributed by atoms with van der Waals surface area (Å²) in [7, 11) is 3.56. The molecule has 7 heteroatoms. The minimum atomic E-state index is -0.915. The highest BCUT2D eigenvalue weighted by molar-refractivity contribution is 5.65. The van der Waals surface area contributed by atoms with Gasteiger partial charge in [-0.2, -0.15) is 0 Å². The standard InChI is InChI=1S/C7H15N3O4/c1-10(2)3-5(14-7(9)12)4-13-6(8)11/h5H,3-4H2,1-2H3,(H2,8,11)(H2,9,12). The molecule has 0 fully saturated rings.